The maximum atomic E-state index is 13.4. The highest BCUT2D eigenvalue weighted by Crippen LogP contribution is 2.39. The molecule has 3 aromatic carbocycles. The summed E-state index contributed by atoms with van der Waals surface area (Å²) in [6.07, 6.45) is 4.80. The van der Waals surface area contributed by atoms with E-state index in [2.05, 4.69) is 22.8 Å². The molecule has 44 heavy (non-hydrogen) atoms. The molecule has 1 aliphatic heterocycles. The number of likely N-dealkylation sites (tertiary alicyclic amines) is 1. The summed E-state index contributed by atoms with van der Waals surface area (Å²) < 4.78 is 32.4. The van der Waals surface area contributed by atoms with Crippen molar-refractivity contribution in [3.63, 3.8) is 0 Å². The Balaban J connectivity index is 1.05. The first-order valence-corrected chi connectivity index (χ1v) is 17.1. The second kappa shape index (κ2) is 14.5. The Morgan fingerprint density at radius 3 is 2.27 bits per heavy atom. The number of urea groups is 1. The molecule has 236 valence electrons. The zero-order valence-electron chi connectivity index (χ0n) is 25.0. The quantitative estimate of drug-likeness (QED) is 0.221. The van der Waals surface area contributed by atoms with Gasteiger partial charge in [0.25, 0.3) is 0 Å². The Bertz CT molecular complexity index is 1450. The minimum Gasteiger partial charge on any atom is -0.508 e. The summed E-state index contributed by atoms with van der Waals surface area (Å²) in [4.78, 5) is 15.4. The third-order valence-corrected chi connectivity index (χ3v) is 11.1. The van der Waals surface area contributed by atoms with E-state index >= 15 is 0 Å². The maximum absolute atomic E-state index is 13.4. The summed E-state index contributed by atoms with van der Waals surface area (Å²) in [6, 6.07) is 23.4. The minimum atomic E-state index is -3.51. The Morgan fingerprint density at radius 2 is 1.61 bits per heavy atom. The lowest BCUT2D eigenvalue weighted by Gasteiger charge is -2.37. The Morgan fingerprint density at radius 1 is 0.955 bits per heavy atom. The molecule has 5 rings (SSSR count). The third-order valence-electron chi connectivity index (χ3n) is 8.80. The zero-order chi connectivity index (χ0) is 31.0. The fourth-order valence-electron chi connectivity index (χ4n) is 6.21. The molecule has 1 saturated heterocycles. The van der Waals surface area contributed by atoms with E-state index in [4.69, 9.17) is 4.74 Å². The number of carbonyl (C=O) groups excluding carboxylic acids is 1. The third kappa shape index (κ3) is 7.91. The van der Waals surface area contributed by atoms with Gasteiger partial charge in [-0.1, -0.05) is 55.3 Å². The van der Waals surface area contributed by atoms with Crippen LogP contribution in [0, 0.1) is 0 Å². The van der Waals surface area contributed by atoms with Crippen molar-refractivity contribution >= 4 is 15.9 Å². The number of nitrogens with one attached hydrogen (secondary N) is 2. The molecule has 0 aromatic heterocycles. The van der Waals surface area contributed by atoms with E-state index in [1.807, 2.05) is 30.3 Å². The molecule has 1 heterocycles. The average Bonchev–Trinajstić information content (AvgIpc) is 3.53. The summed E-state index contributed by atoms with van der Waals surface area (Å²) in [6.45, 7) is 1.93. The Hall–Kier alpha value is -3.60. The Kier molecular flexibility index (Phi) is 10.5. The first-order valence-electron chi connectivity index (χ1n) is 15.5. The van der Waals surface area contributed by atoms with Crippen molar-refractivity contribution in [3.05, 3.63) is 90.0 Å². The van der Waals surface area contributed by atoms with E-state index in [1.54, 1.807) is 29.2 Å². The topological polar surface area (TPSA) is 128 Å². The number of benzene rings is 3. The van der Waals surface area contributed by atoms with Crippen molar-refractivity contribution in [1.82, 2.24) is 15.5 Å². The van der Waals surface area contributed by atoms with Crippen LogP contribution < -0.4 is 15.4 Å². The second-order valence-electron chi connectivity index (χ2n) is 11.9. The predicted molar refractivity (Wildman–Crippen MR) is 170 cm³/mol. The van der Waals surface area contributed by atoms with Gasteiger partial charge in [0, 0.05) is 19.6 Å². The van der Waals surface area contributed by atoms with Crippen LogP contribution in [-0.4, -0.2) is 73.7 Å². The molecular weight excluding hydrogens is 578 g/mol. The summed E-state index contributed by atoms with van der Waals surface area (Å²) in [5.41, 5.74) is 1.79. The molecule has 10 heteroatoms. The van der Waals surface area contributed by atoms with Crippen LogP contribution in [0.5, 0.6) is 11.5 Å². The molecule has 9 nitrogen and oxygen atoms in total. The summed E-state index contributed by atoms with van der Waals surface area (Å²) in [7, 11) is -3.51. The highest BCUT2D eigenvalue weighted by atomic mass is 32.2. The lowest BCUT2D eigenvalue weighted by Crippen LogP contribution is -2.53. The number of ether oxygens (including phenoxy) is 1. The van der Waals surface area contributed by atoms with Crippen molar-refractivity contribution < 1.29 is 28.2 Å². The number of nitrogens with zero attached hydrogens (tertiary/aromatic N) is 1. The van der Waals surface area contributed by atoms with Gasteiger partial charge in [0.05, 0.1) is 15.7 Å². The van der Waals surface area contributed by atoms with Gasteiger partial charge in [0.1, 0.15) is 24.2 Å². The summed E-state index contributed by atoms with van der Waals surface area (Å²) >= 11 is 0. The lowest BCUT2D eigenvalue weighted by molar-refractivity contribution is 0.106. The van der Waals surface area contributed by atoms with E-state index in [0.29, 0.717) is 56.1 Å². The minimum absolute atomic E-state index is 0.109. The highest BCUT2D eigenvalue weighted by molar-refractivity contribution is 7.92. The van der Waals surface area contributed by atoms with Crippen molar-refractivity contribution in [2.24, 2.45) is 0 Å². The van der Waals surface area contributed by atoms with Crippen LogP contribution in [0.25, 0.3) is 0 Å². The van der Waals surface area contributed by atoms with Crippen LogP contribution in [0.1, 0.15) is 49.7 Å². The van der Waals surface area contributed by atoms with Crippen LogP contribution in [-0.2, 0) is 21.8 Å². The molecule has 2 fully saturated rings. The number of aliphatic hydroxyl groups excluding tert-OH is 1. The number of rotatable bonds is 12. The van der Waals surface area contributed by atoms with E-state index in [-0.39, 0.29) is 23.9 Å². The predicted octanol–water partition coefficient (Wildman–Crippen LogP) is 4.38. The summed E-state index contributed by atoms with van der Waals surface area (Å²) in [5.74, 6) is 0.729. The molecule has 3 aromatic rings. The van der Waals surface area contributed by atoms with Gasteiger partial charge in [-0.25, -0.2) is 13.2 Å². The van der Waals surface area contributed by atoms with E-state index in [9.17, 15) is 23.4 Å². The van der Waals surface area contributed by atoms with Gasteiger partial charge in [-0.15, -0.1) is 0 Å². The zero-order valence-corrected chi connectivity index (χ0v) is 25.8. The average molecular weight is 622 g/mol. The van der Waals surface area contributed by atoms with Gasteiger partial charge in [-0.05, 0) is 86.2 Å². The van der Waals surface area contributed by atoms with Crippen molar-refractivity contribution in [2.45, 2.75) is 66.7 Å². The fraction of sp³-hybridized carbons (Fsp3) is 0.441. The normalized spacial score (nSPS) is 17.7. The van der Waals surface area contributed by atoms with Crippen LogP contribution in [0.2, 0.25) is 0 Å². The van der Waals surface area contributed by atoms with Crippen LogP contribution in [0.15, 0.2) is 83.8 Å². The van der Waals surface area contributed by atoms with Crippen LogP contribution >= 0.6 is 0 Å². The highest BCUT2D eigenvalue weighted by Gasteiger charge is 2.39. The number of amides is 2. The second-order valence-corrected chi connectivity index (χ2v) is 14.1. The number of hydrogen-bond donors (Lipinski definition) is 4. The van der Waals surface area contributed by atoms with Crippen LogP contribution in [0.4, 0.5) is 4.79 Å². The van der Waals surface area contributed by atoms with Crippen LogP contribution in [0.3, 0.4) is 0 Å². The van der Waals surface area contributed by atoms with Gasteiger partial charge in [-0.3, -0.25) is 0 Å². The van der Waals surface area contributed by atoms with Crippen molar-refractivity contribution in [3.8, 4) is 11.5 Å². The first kappa shape index (κ1) is 31.8. The van der Waals surface area contributed by atoms with Crippen molar-refractivity contribution in [1.29, 1.82) is 0 Å². The molecule has 1 atom stereocenters. The first-order chi connectivity index (χ1) is 21.2. The maximum Gasteiger partial charge on any atom is 0.318 e. The number of phenols is 1. The number of aliphatic hydroxyl groups is 1. The standard InChI is InChI=1S/C34H43N3O6S/c38-28-10-12-30(13-11-28)43-25-29(39)24-35-21-16-26-8-14-31(15-9-26)44(41,42)32-17-22-37(23-18-32)33(40)36-34(19-4-5-20-34)27-6-2-1-3-7-27/h1-3,6-15,29,32,35,38-39H,4-5,16-25H2,(H,36,40)/t29-/m0/s1. The smallest absolute Gasteiger partial charge is 0.318 e. The molecular formula is C34H43N3O6S. The fourth-order valence-corrected chi connectivity index (χ4v) is 7.94. The molecule has 0 unspecified atom stereocenters. The molecule has 4 N–H and O–H groups in total. The molecule has 0 bridgehead atoms. The number of hydrogen-bond acceptors (Lipinski definition) is 7. The Labute approximate surface area is 260 Å². The summed E-state index contributed by atoms with van der Waals surface area (Å²) in [5, 5.41) is 25.5. The van der Waals surface area contributed by atoms with E-state index in [0.717, 1.165) is 36.8 Å². The van der Waals surface area contributed by atoms with Crippen molar-refractivity contribution in [2.75, 3.05) is 32.8 Å². The molecule has 2 amide bonds. The van der Waals surface area contributed by atoms with Gasteiger partial charge in [-0.2, -0.15) is 0 Å². The molecule has 1 aliphatic carbocycles. The largest absolute Gasteiger partial charge is 0.508 e. The SMILES string of the molecule is O=C(NC1(c2ccccc2)CCCC1)N1CCC(S(=O)(=O)c2ccc(CCNC[C@H](O)COc3ccc(O)cc3)cc2)CC1. The number of aromatic hydroxyl groups is 1. The van der Waals surface area contributed by atoms with Gasteiger partial charge >= 0.3 is 6.03 Å². The van der Waals surface area contributed by atoms with E-state index in [1.165, 1.54) is 12.1 Å². The molecule has 0 spiro atoms. The monoisotopic (exact) mass is 621 g/mol. The number of piperidine rings is 1. The molecule has 0 radical (unpaired) electrons. The number of carbonyl (C=O) groups is 1. The number of sulfone groups is 1. The van der Waals surface area contributed by atoms with E-state index < -0.39 is 21.2 Å². The number of phenolic OH excluding ortho intramolecular Hbond substituents is 1. The van der Waals surface area contributed by atoms with Gasteiger partial charge in [0.15, 0.2) is 9.84 Å². The van der Waals surface area contributed by atoms with Gasteiger partial charge in [0.2, 0.25) is 0 Å². The lowest BCUT2D eigenvalue weighted by atomic mass is 9.88. The van der Waals surface area contributed by atoms with Gasteiger partial charge < -0.3 is 30.5 Å². The molecule has 2 aliphatic rings. The molecule has 1 saturated carbocycles.